The number of hydrogen-bond donors (Lipinski definition) is 1. The summed E-state index contributed by atoms with van der Waals surface area (Å²) in [6.07, 6.45) is 1.69. The zero-order valence-corrected chi connectivity index (χ0v) is 10.3. The molecule has 0 rings (SSSR count). The Morgan fingerprint density at radius 1 is 1.29 bits per heavy atom. The van der Waals surface area contributed by atoms with Gasteiger partial charge in [-0.05, 0) is 24.8 Å². The number of carbonyl (C=O) groups excluding carboxylic acids is 1. The van der Waals surface area contributed by atoms with E-state index in [0.29, 0.717) is 30.6 Å². The fraction of sp³-hybridized carbons (Fsp3) is 0.917. The molecule has 0 bridgehead atoms. The first-order valence-corrected chi connectivity index (χ1v) is 5.50. The van der Waals surface area contributed by atoms with Crippen molar-refractivity contribution in [3.05, 3.63) is 0 Å². The first kappa shape index (κ1) is 13.6. The molecule has 2 N–H and O–H groups in total. The lowest BCUT2D eigenvalue weighted by Gasteiger charge is -2.22. The molecular formula is C12H25NO. The zero-order chi connectivity index (χ0) is 11.4. The summed E-state index contributed by atoms with van der Waals surface area (Å²) in [6, 6.07) is 0. The van der Waals surface area contributed by atoms with Gasteiger partial charge in [0, 0.05) is 11.8 Å². The fourth-order valence-corrected chi connectivity index (χ4v) is 1.50. The highest BCUT2D eigenvalue weighted by atomic mass is 16.1. The monoisotopic (exact) mass is 199 g/mol. The molecule has 0 aromatic carbocycles. The van der Waals surface area contributed by atoms with Gasteiger partial charge in [0.05, 0.1) is 0 Å². The number of Topliss-reactive ketones (excluding diaryl/α,β-unsaturated/α-hetero) is 1. The molecule has 0 aliphatic heterocycles. The van der Waals surface area contributed by atoms with E-state index in [4.69, 9.17) is 5.73 Å². The maximum absolute atomic E-state index is 11.8. The van der Waals surface area contributed by atoms with Crippen LogP contribution < -0.4 is 5.73 Å². The largest absolute Gasteiger partial charge is 0.330 e. The number of carbonyl (C=O) groups is 1. The summed E-state index contributed by atoms with van der Waals surface area (Å²) in [7, 11) is 0. The summed E-state index contributed by atoms with van der Waals surface area (Å²) in [5.41, 5.74) is 5.44. The highest BCUT2D eigenvalue weighted by Gasteiger charge is 2.24. The first-order valence-electron chi connectivity index (χ1n) is 5.50. The first-order chi connectivity index (χ1) is 6.27. The summed E-state index contributed by atoms with van der Waals surface area (Å²) in [5.74, 6) is 1.31. The van der Waals surface area contributed by atoms with Gasteiger partial charge in [0.2, 0.25) is 0 Å². The van der Waals surface area contributed by atoms with Gasteiger partial charge in [0.25, 0.3) is 0 Å². The van der Waals surface area contributed by atoms with Gasteiger partial charge in [-0.2, -0.15) is 0 Å². The average Bonchev–Trinajstić information content (AvgIpc) is 2.00. The van der Waals surface area contributed by atoms with Crippen molar-refractivity contribution in [2.75, 3.05) is 6.54 Å². The molecule has 14 heavy (non-hydrogen) atoms. The van der Waals surface area contributed by atoms with Gasteiger partial charge in [-0.3, -0.25) is 4.79 Å². The average molecular weight is 199 g/mol. The van der Waals surface area contributed by atoms with Crippen LogP contribution in [0.1, 0.15) is 47.5 Å². The zero-order valence-electron chi connectivity index (χ0n) is 10.3. The minimum Gasteiger partial charge on any atom is -0.330 e. The van der Waals surface area contributed by atoms with Gasteiger partial charge in [0.1, 0.15) is 5.78 Å². The highest BCUT2D eigenvalue weighted by molar-refractivity contribution is 5.83. The quantitative estimate of drug-likeness (QED) is 0.739. The van der Waals surface area contributed by atoms with Gasteiger partial charge < -0.3 is 5.73 Å². The lowest BCUT2D eigenvalue weighted by atomic mass is 9.83. The van der Waals surface area contributed by atoms with Gasteiger partial charge in [-0.15, -0.1) is 0 Å². The van der Waals surface area contributed by atoms with E-state index in [1.807, 2.05) is 20.8 Å². The number of nitrogens with two attached hydrogens (primary N) is 1. The van der Waals surface area contributed by atoms with E-state index in [-0.39, 0.29) is 5.41 Å². The second kappa shape index (κ2) is 5.50. The van der Waals surface area contributed by atoms with Crippen LogP contribution in [0.3, 0.4) is 0 Å². The lowest BCUT2D eigenvalue weighted by molar-refractivity contribution is -0.127. The predicted molar refractivity (Wildman–Crippen MR) is 61.1 cm³/mol. The molecule has 0 spiro atoms. The van der Waals surface area contributed by atoms with Crippen molar-refractivity contribution in [1.29, 1.82) is 0 Å². The van der Waals surface area contributed by atoms with Crippen molar-refractivity contribution in [1.82, 2.24) is 0 Å². The van der Waals surface area contributed by atoms with E-state index in [1.54, 1.807) is 0 Å². The van der Waals surface area contributed by atoms with Crippen molar-refractivity contribution in [2.24, 2.45) is 23.0 Å². The summed E-state index contributed by atoms with van der Waals surface area (Å²) in [6.45, 7) is 10.9. The summed E-state index contributed by atoms with van der Waals surface area (Å²) in [4.78, 5) is 11.8. The van der Waals surface area contributed by atoms with Gasteiger partial charge >= 0.3 is 0 Å². The third-order valence-electron chi connectivity index (χ3n) is 2.45. The standard InChI is InChI=1S/C12H25NO/c1-9(2)6-10(8-13)7-11(14)12(3,4)5/h9-10H,6-8,13H2,1-5H3/t10-/m0/s1. The molecule has 0 aromatic rings. The van der Waals surface area contributed by atoms with Gasteiger partial charge in [0.15, 0.2) is 0 Å². The molecule has 0 aliphatic carbocycles. The molecule has 0 aromatic heterocycles. The fourth-order valence-electron chi connectivity index (χ4n) is 1.50. The van der Waals surface area contributed by atoms with E-state index < -0.39 is 0 Å². The Morgan fingerprint density at radius 2 is 1.79 bits per heavy atom. The molecule has 0 heterocycles. The van der Waals surface area contributed by atoms with Gasteiger partial charge in [-0.1, -0.05) is 34.6 Å². The normalized spacial score (nSPS) is 14.5. The molecule has 0 saturated heterocycles. The molecule has 1 atom stereocenters. The summed E-state index contributed by atoms with van der Waals surface area (Å²) >= 11 is 0. The minimum atomic E-state index is -0.218. The molecule has 0 fully saturated rings. The van der Waals surface area contributed by atoms with Crippen LogP contribution in [0.5, 0.6) is 0 Å². The van der Waals surface area contributed by atoms with Crippen molar-refractivity contribution >= 4 is 5.78 Å². The Hall–Kier alpha value is -0.370. The second-order valence-electron chi connectivity index (χ2n) is 5.61. The molecule has 0 amide bonds. The second-order valence-corrected chi connectivity index (χ2v) is 5.61. The van der Waals surface area contributed by atoms with E-state index in [9.17, 15) is 4.79 Å². The molecule has 2 heteroatoms. The van der Waals surface area contributed by atoms with Crippen LogP contribution >= 0.6 is 0 Å². The molecule has 0 saturated carbocycles. The smallest absolute Gasteiger partial charge is 0.138 e. The molecule has 84 valence electrons. The lowest BCUT2D eigenvalue weighted by Crippen LogP contribution is -2.27. The van der Waals surface area contributed by atoms with Gasteiger partial charge in [-0.25, -0.2) is 0 Å². The van der Waals surface area contributed by atoms with E-state index in [2.05, 4.69) is 13.8 Å². The minimum absolute atomic E-state index is 0.218. The van der Waals surface area contributed by atoms with Crippen LogP contribution in [0.25, 0.3) is 0 Å². The van der Waals surface area contributed by atoms with Crippen molar-refractivity contribution in [3.63, 3.8) is 0 Å². The Labute approximate surface area is 88.3 Å². The SMILES string of the molecule is CC(C)C[C@H](CN)CC(=O)C(C)(C)C. The van der Waals surface area contributed by atoms with Crippen LogP contribution in [-0.2, 0) is 4.79 Å². The maximum atomic E-state index is 11.8. The van der Waals surface area contributed by atoms with Crippen molar-refractivity contribution in [2.45, 2.75) is 47.5 Å². The number of rotatable bonds is 5. The van der Waals surface area contributed by atoms with E-state index >= 15 is 0 Å². The Balaban J connectivity index is 4.12. The van der Waals surface area contributed by atoms with Crippen molar-refractivity contribution < 1.29 is 4.79 Å². The van der Waals surface area contributed by atoms with Crippen molar-refractivity contribution in [3.8, 4) is 0 Å². The van der Waals surface area contributed by atoms with E-state index in [1.165, 1.54) is 0 Å². The van der Waals surface area contributed by atoms with Crippen LogP contribution in [-0.4, -0.2) is 12.3 Å². The van der Waals surface area contributed by atoms with E-state index in [0.717, 1.165) is 6.42 Å². The molecule has 0 unspecified atom stereocenters. The van der Waals surface area contributed by atoms with Crippen LogP contribution in [0, 0.1) is 17.3 Å². The topological polar surface area (TPSA) is 43.1 Å². The molecule has 2 nitrogen and oxygen atoms in total. The predicted octanol–water partition coefficient (Wildman–Crippen LogP) is 2.61. The van der Waals surface area contributed by atoms with Crippen LogP contribution in [0.2, 0.25) is 0 Å². The number of ketones is 1. The number of hydrogen-bond acceptors (Lipinski definition) is 2. The third kappa shape index (κ3) is 5.38. The maximum Gasteiger partial charge on any atom is 0.138 e. The summed E-state index contributed by atoms with van der Waals surface area (Å²) < 4.78 is 0. The third-order valence-corrected chi connectivity index (χ3v) is 2.45. The Bertz CT molecular complexity index is 179. The summed E-state index contributed by atoms with van der Waals surface area (Å²) in [5, 5.41) is 0. The Morgan fingerprint density at radius 3 is 2.07 bits per heavy atom. The van der Waals surface area contributed by atoms with Crippen LogP contribution in [0.15, 0.2) is 0 Å². The Kier molecular flexibility index (Phi) is 5.35. The molecule has 0 radical (unpaired) electrons. The highest BCUT2D eigenvalue weighted by Crippen LogP contribution is 2.22. The molecule has 0 aliphatic rings. The molecular weight excluding hydrogens is 174 g/mol. The van der Waals surface area contributed by atoms with Crippen LogP contribution in [0.4, 0.5) is 0 Å².